The summed E-state index contributed by atoms with van der Waals surface area (Å²) >= 11 is 0. The largest absolute Gasteiger partial charge is 0.497 e. The number of anilines is 1. The maximum atomic E-state index is 12.5. The summed E-state index contributed by atoms with van der Waals surface area (Å²) in [5.74, 6) is -2.20. The van der Waals surface area contributed by atoms with Gasteiger partial charge in [-0.25, -0.2) is 10.2 Å². The van der Waals surface area contributed by atoms with Crippen LogP contribution in [-0.2, 0) is 9.59 Å². The number of esters is 1. The van der Waals surface area contributed by atoms with Gasteiger partial charge in [-0.05, 0) is 30.3 Å². The van der Waals surface area contributed by atoms with Gasteiger partial charge in [0.1, 0.15) is 22.8 Å². The summed E-state index contributed by atoms with van der Waals surface area (Å²) in [5.41, 5.74) is 1.95. The molecule has 0 saturated heterocycles. The quantitative estimate of drug-likeness (QED) is 0.121. The molecule has 0 radical (unpaired) electrons. The van der Waals surface area contributed by atoms with E-state index in [1.54, 1.807) is 18.2 Å². The fourth-order valence-corrected chi connectivity index (χ4v) is 2.93. The zero-order valence-corrected chi connectivity index (χ0v) is 19.1. The highest BCUT2D eigenvalue weighted by Crippen LogP contribution is 2.29. The Morgan fingerprint density at radius 1 is 0.917 bits per heavy atom. The van der Waals surface area contributed by atoms with Crippen LogP contribution in [0.4, 0.5) is 11.4 Å². The minimum Gasteiger partial charge on any atom is -0.497 e. The maximum absolute atomic E-state index is 12.5. The van der Waals surface area contributed by atoms with Gasteiger partial charge in [0.15, 0.2) is 0 Å². The first kappa shape index (κ1) is 25.4. The number of amides is 2. The Morgan fingerprint density at radius 3 is 2.36 bits per heavy atom. The fourth-order valence-electron chi connectivity index (χ4n) is 2.93. The standard InChI is InChI=1S/C24H20N4O8/c1-34-16-11-12-18(21(13-16)35-2)26-22(29)23(30)27-25-14-15-7-3-6-10-20(15)36-24(31)17-8-4-5-9-19(17)28(32)33/h3-14H,1-2H3,(H,26,29)(H,27,30). The van der Waals surface area contributed by atoms with Crippen molar-refractivity contribution in [1.29, 1.82) is 0 Å². The zero-order valence-electron chi connectivity index (χ0n) is 19.1. The average molecular weight is 492 g/mol. The van der Waals surface area contributed by atoms with Crippen LogP contribution in [-0.4, -0.2) is 43.1 Å². The normalized spacial score (nSPS) is 10.4. The lowest BCUT2D eigenvalue weighted by atomic mass is 10.2. The minimum atomic E-state index is -1.07. The molecule has 0 aliphatic rings. The Labute approximate surface area is 204 Å². The monoisotopic (exact) mass is 492 g/mol. The van der Waals surface area contributed by atoms with Crippen LogP contribution in [0.15, 0.2) is 71.8 Å². The van der Waals surface area contributed by atoms with Crippen LogP contribution < -0.4 is 25.0 Å². The number of hydrogen-bond donors (Lipinski definition) is 2. The molecule has 0 saturated carbocycles. The van der Waals surface area contributed by atoms with Crippen molar-refractivity contribution in [2.45, 2.75) is 0 Å². The van der Waals surface area contributed by atoms with Crippen molar-refractivity contribution in [2.24, 2.45) is 5.10 Å². The lowest BCUT2D eigenvalue weighted by Crippen LogP contribution is -2.32. The van der Waals surface area contributed by atoms with E-state index in [9.17, 15) is 24.5 Å². The molecule has 0 aliphatic heterocycles. The molecular weight excluding hydrogens is 472 g/mol. The first-order chi connectivity index (χ1) is 17.3. The molecule has 0 heterocycles. The van der Waals surface area contributed by atoms with Crippen LogP contribution in [0.1, 0.15) is 15.9 Å². The Balaban J connectivity index is 1.67. The topological polar surface area (TPSA) is 158 Å². The Kier molecular flexibility index (Phi) is 8.27. The van der Waals surface area contributed by atoms with Gasteiger partial charge in [0.2, 0.25) is 0 Å². The molecule has 2 amide bonds. The van der Waals surface area contributed by atoms with Gasteiger partial charge in [0.05, 0.1) is 31.0 Å². The molecule has 0 spiro atoms. The molecule has 0 aliphatic carbocycles. The van der Waals surface area contributed by atoms with Gasteiger partial charge < -0.3 is 19.5 Å². The maximum Gasteiger partial charge on any atom is 0.350 e. The van der Waals surface area contributed by atoms with Crippen molar-refractivity contribution >= 4 is 35.4 Å². The molecule has 0 bridgehead atoms. The third-order valence-electron chi connectivity index (χ3n) is 4.68. The molecule has 3 aromatic carbocycles. The molecule has 3 rings (SSSR count). The molecular formula is C24H20N4O8. The Morgan fingerprint density at radius 2 is 1.64 bits per heavy atom. The van der Waals surface area contributed by atoms with Crippen LogP contribution in [0.3, 0.4) is 0 Å². The van der Waals surface area contributed by atoms with Crippen molar-refractivity contribution in [2.75, 3.05) is 19.5 Å². The predicted octanol–water partition coefficient (Wildman–Crippen LogP) is 2.92. The van der Waals surface area contributed by atoms with Crippen LogP contribution in [0.25, 0.3) is 0 Å². The number of methoxy groups -OCH3 is 2. The van der Waals surface area contributed by atoms with E-state index in [4.69, 9.17) is 14.2 Å². The first-order valence-corrected chi connectivity index (χ1v) is 10.2. The van der Waals surface area contributed by atoms with Crippen molar-refractivity contribution < 1.29 is 33.5 Å². The van der Waals surface area contributed by atoms with E-state index < -0.39 is 28.4 Å². The molecule has 0 unspecified atom stereocenters. The van der Waals surface area contributed by atoms with Crippen LogP contribution in [0.2, 0.25) is 0 Å². The molecule has 36 heavy (non-hydrogen) atoms. The van der Waals surface area contributed by atoms with Gasteiger partial charge in [-0.3, -0.25) is 19.7 Å². The number of nitrogens with zero attached hydrogens (tertiary/aromatic N) is 2. The summed E-state index contributed by atoms with van der Waals surface area (Å²) in [5, 5.41) is 17.3. The van der Waals surface area contributed by atoms with Gasteiger partial charge in [0.25, 0.3) is 5.69 Å². The molecule has 184 valence electrons. The number of para-hydroxylation sites is 2. The number of carbonyl (C=O) groups is 3. The third-order valence-corrected chi connectivity index (χ3v) is 4.68. The Bertz CT molecular complexity index is 1340. The first-order valence-electron chi connectivity index (χ1n) is 10.2. The average Bonchev–Trinajstić information content (AvgIpc) is 2.89. The minimum absolute atomic E-state index is 0.0334. The van der Waals surface area contributed by atoms with E-state index in [0.717, 1.165) is 6.21 Å². The number of rotatable bonds is 8. The molecule has 12 heteroatoms. The summed E-state index contributed by atoms with van der Waals surface area (Å²) in [6, 6.07) is 16.1. The van der Waals surface area contributed by atoms with Crippen molar-refractivity contribution in [3.63, 3.8) is 0 Å². The van der Waals surface area contributed by atoms with Gasteiger partial charge >= 0.3 is 17.8 Å². The second kappa shape index (κ2) is 11.7. The van der Waals surface area contributed by atoms with E-state index >= 15 is 0 Å². The van der Waals surface area contributed by atoms with Crippen molar-refractivity contribution in [3.8, 4) is 17.2 Å². The summed E-state index contributed by atoms with van der Waals surface area (Å²) in [7, 11) is 2.87. The number of benzene rings is 3. The van der Waals surface area contributed by atoms with E-state index in [-0.39, 0.29) is 28.3 Å². The summed E-state index contributed by atoms with van der Waals surface area (Å²) in [6.45, 7) is 0. The zero-order chi connectivity index (χ0) is 26.1. The smallest absolute Gasteiger partial charge is 0.350 e. The van der Waals surface area contributed by atoms with E-state index in [1.165, 1.54) is 62.8 Å². The predicted molar refractivity (Wildman–Crippen MR) is 128 cm³/mol. The molecule has 0 aromatic heterocycles. The number of nitro benzene ring substituents is 1. The molecule has 12 nitrogen and oxygen atoms in total. The SMILES string of the molecule is COc1ccc(NC(=O)C(=O)NN=Cc2ccccc2OC(=O)c2ccccc2[N+](=O)[O-])c(OC)c1. The highest BCUT2D eigenvalue weighted by atomic mass is 16.6. The summed E-state index contributed by atoms with van der Waals surface area (Å²) in [6.07, 6.45) is 1.15. The number of nitrogens with one attached hydrogen (secondary N) is 2. The second-order valence-electron chi connectivity index (χ2n) is 6.92. The van der Waals surface area contributed by atoms with Gasteiger partial charge in [-0.1, -0.05) is 24.3 Å². The number of hydrogen-bond acceptors (Lipinski definition) is 9. The third kappa shape index (κ3) is 6.20. The van der Waals surface area contributed by atoms with Gasteiger partial charge in [-0.15, -0.1) is 0 Å². The van der Waals surface area contributed by atoms with E-state index in [1.807, 2.05) is 0 Å². The van der Waals surface area contributed by atoms with Crippen molar-refractivity contribution in [3.05, 3.63) is 88.0 Å². The summed E-state index contributed by atoms with van der Waals surface area (Å²) in [4.78, 5) is 47.4. The number of ether oxygens (including phenoxy) is 3. The fraction of sp³-hybridized carbons (Fsp3) is 0.0833. The van der Waals surface area contributed by atoms with Crippen LogP contribution in [0, 0.1) is 10.1 Å². The summed E-state index contributed by atoms with van der Waals surface area (Å²) < 4.78 is 15.6. The van der Waals surface area contributed by atoms with Crippen molar-refractivity contribution in [1.82, 2.24) is 5.43 Å². The molecule has 2 N–H and O–H groups in total. The highest BCUT2D eigenvalue weighted by molar-refractivity contribution is 6.39. The number of nitro groups is 1. The van der Waals surface area contributed by atoms with Crippen LogP contribution in [0.5, 0.6) is 17.2 Å². The van der Waals surface area contributed by atoms with E-state index in [0.29, 0.717) is 5.75 Å². The van der Waals surface area contributed by atoms with Crippen LogP contribution >= 0.6 is 0 Å². The number of carbonyl (C=O) groups excluding carboxylic acids is 3. The van der Waals surface area contributed by atoms with E-state index in [2.05, 4.69) is 15.8 Å². The molecule has 3 aromatic rings. The van der Waals surface area contributed by atoms with Gasteiger partial charge in [-0.2, -0.15) is 5.10 Å². The highest BCUT2D eigenvalue weighted by Gasteiger charge is 2.22. The molecule has 0 fully saturated rings. The molecule has 0 atom stereocenters. The van der Waals surface area contributed by atoms with Gasteiger partial charge in [0, 0.05) is 17.7 Å². The Hall–Kier alpha value is -5.26. The second-order valence-corrected chi connectivity index (χ2v) is 6.92. The lowest BCUT2D eigenvalue weighted by molar-refractivity contribution is -0.385. The lowest BCUT2D eigenvalue weighted by Gasteiger charge is -2.11. The number of hydrazone groups is 1.